The summed E-state index contributed by atoms with van der Waals surface area (Å²) in [6, 6.07) is 4.13. The number of nitrogens with one attached hydrogen (secondary N) is 1. The van der Waals surface area contributed by atoms with Crippen molar-refractivity contribution in [1.29, 1.82) is 0 Å². The van der Waals surface area contributed by atoms with E-state index >= 15 is 0 Å². The molecule has 92 valence electrons. The van der Waals surface area contributed by atoms with Crippen LogP contribution in [0.5, 0.6) is 5.75 Å². The van der Waals surface area contributed by atoms with Crippen molar-refractivity contribution in [2.75, 3.05) is 13.1 Å². The van der Waals surface area contributed by atoms with Crippen molar-refractivity contribution < 1.29 is 14.8 Å². The molecule has 0 radical (unpaired) electrons. The van der Waals surface area contributed by atoms with Crippen molar-refractivity contribution in [3.63, 3.8) is 0 Å². The van der Waals surface area contributed by atoms with Gasteiger partial charge < -0.3 is 15.2 Å². The molecular formula is C10H11ClN2O4. The van der Waals surface area contributed by atoms with E-state index in [0.29, 0.717) is 18.8 Å². The van der Waals surface area contributed by atoms with E-state index in [-0.39, 0.29) is 16.8 Å². The fourth-order valence-corrected chi connectivity index (χ4v) is 1.88. The highest BCUT2D eigenvalue weighted by atomic mass is 35.5. The molecule has 2 unspecified atom stereocenters. The lowest BCUT2D eigenvalue weighted by Crippen LogP contribution is -2.29. The molecule has 0 saturated carbocycles. The first-order valence-electron chi connectivity index (χ1n) is 5.07. The van der Waals surface area contributed by atoms with Crippen molar-refractivity contribution in [3.05, 3.63) is 33.3 Å². The molecule has 17 heavy (non-hydrogen) atoms. The van der Waals surface area contributed by atoms with Crippen molar-refractivity contribution in [2.24, 2.45) is 0 Å². The maximum atomic E-state index is 10.6. The summed E-state index contributed by atoms with van der Waals surface area (Å²) in [5.74, 6) is 0.411. The molecule has 7 heteroatoms. The molecule has 0 spiro atoms. The number of nitrogens with zero attached hydrogens (tertiary/aromatic N) is 1. The Bertz CT molecular complexity index is 440. The monoisotopic (exact) mass is 258 g/mol. The van der Waals surface area contributed by atoms with Gasteiger partial charge in [0.2, 0.25) is 0 Å². The Kier molecular flexibility index (Phi) is 3.46. The number of hydrogen-bond acceptors (Lipinski definition) is 5. The van der Waals surface area contributed by atoms with Gasteiger partial charge in [-0.1, -0.05) is 11.6 Å². The smallest absolute Gasteiger partial charge is 0.288 e. The Morgan fingerprint density at radius 2 is 2.29 bits per heavy atom. The van der Waals surface area contributed by atoms with Crippen LogP contribution in [-0.2, 0) is 0 Å². The van der Waals surface area contributed by atoms with Crippen LogP contribution in [0, 0.1) is 10.1 Å². The van der Waals surface area contributed by atoms with Crippen LogP contribution in [0.15, 0.2) is 18.2 Å². The second kappa shape index (κ2) is 4.87. The summed E-state index contributed by atoms with van der Waals surface area (Å²) in [5, 5.41) is 23.1. The number of β-amino-alcohol motifs (C(OH)–C–C–N with tert-alkyl or cyclic N) is 1. The van der Waals surface area contributed by atoms with Crippen molar-refractivity contribution in [3.8, 4) is 5.75 Å². The van der Waals surface area contributed by atoms with Gasteiger partial charge >= 0.3 is 0 Å². The van der Waals surface area contributed by atoms with E-state index in [1.807, 2.05) is 0 Å². The molecule has 2 N–H and O–H groups in total. The van der Waals surface area contributed by atoms with Crippen molar-refractivity contribution >= 4 is 17.3 Å². The zero-order valence-electron chi connectivity index (χ0n) is 8.80. The molecule has 0 aliphatic carbocycles. The lowest BCUT2D eigenvalue weighted by atomic mass is 10.2. The summed E-state index contributed by atoms with van der Waals surface area (Å²) in [7, 11) is 0. The summed E-state index contributed by atoms with van der Waals surface area (Å²) in [6.45, 7) is 1.02. The fraction of sp³-hybridized carbons (Fsp3) is 0.400. The van der Waals surface area contributed by atoms with Gasteiger partial charge in [-0.15, -0.1) is 0 Å². The molecule has 0 bridgehead atoms. The summed E-state index contributed by atoms with van der Waals surface area (Å²) in [6.07, 6.45) is -0.934. The quantitative estimate of drug-likeness (QED) is 0.623. The van der Waals surface area contributed by atoms with Crippen LogP contribution < -0.4 is 10.1 Å². The van der Waals surface area contributed by atoms with Gasteiger partial charge in [-0.25, -0.2) is 0 Å². The number of aliphatic hydroxyl groups excluding tert-OH is 1. The molecule has 1 aliphatic heterocycles. The predicted molar refractivity (Wildman–Crippen MR) is 61.4 cm³/mol. The first-order valence-corrected chi connectivity index (χ1v) is 5.45. The minimum Gasteiger partial charge on any atom is -0.486 e. The zero-order chi connectivity index (χ0) is 12.4. The third kappa shape index (κ3) is 2.66. The third-order valence-electron chi connectivity index (χ3n) is 2.53. The highest BCUT2D eigenvalue weighted by Gasteiger charge is 2.27. The van der Waals surface area contributed by atoms with Gasteiger partial charge in [0.1, 0.15) is 23.0 Å². The van der Waals surface area contributed by atoms with E-state index < -0.39 is 11.0 Å². The van der Waals surface area contributed by atoms with E-state index in [0.717, 1.165) is 0 Å². The number of benzene rings is 1. The van der Waals surface area contributed by atoms with Gasteiger partial charge in [-0.2, -0.15) is 0 Å². The number of aliphatic hydroxyl groups is 1. The van der Waals surface area contributed by atoms with Gasteiger partial charge in [0, 0.05) is 25.2 Å². The predicted octanol–water partition coefficient (Wildman–Crippen LogP) is 0.960. The Labute approximate surface area is 102 Å². The highest BCUT2D eigenvalue weighted by Crippen LogP contribution is 2.29. The zero-order valence-corrected chi connectivity index (χ0v) is 9.55. The van der Waals surface area contributed by atoms with E-state index in [1.165, 1.54) is 18.2 Å². The summed E-state index contributed by atoms with van der Waals surface area (Å²) in [5.41, 5.74) is -0.163. The molecule has 1 aliphatic rings. The molecule has 0 amide bonds. The van der Waals surface area contributed by atoms with Gasteiger partial charge in [-0.3, -0.25) is 10.1 Å². The molecule has 1 fully saturated rings. The number of halogens is 1. The van der Waals surface area contributed by atoms with Crippen LogP contribution in [0.2, 0.25) is 5.02 Å². The second-order valence-electron chi connectivity index (χ2n) is 3.75. The first kappa shape index (κ1) is 12.1. The minimum absolute atomic E-state index is 0.0212. The van der Waals surface area contributed by atoms with Crippen molar-refractivity contribution in [1.82, 2.24) is 5.32 Å². The van der Waals surface area contributed by atoms with Crippen LogP contribution in [0.25, 0.3) is 0 Å². The normalized spacial score (nSPS) is 23.6. The number of nitro groups is 1. The Morgan fingerprint density at radius 3 is 2.82 bits per heavy atom. The van der Waals surface area contributed by atoms with Crippen LogP contribution in [0.4, 0.5) is 5.69 Å². The van der Waals surface area contributed by atoms with Gasteiger partial charge in [0.15, 0.2) is 0 Å². The average Bonchev–Trinajstić information content (AvgIpc) is 2.64. The van der Waals surface area contributed by atoms with Gasteiger partial charge in [0.25, 0.3) is 5.69 Å². The molecule has 1 aromatic carbocycles. The van der Waals surface area contributed by atoms with Crippen LogP contribution >= 0.6 is 11.6 Å². The highest BCUT2D eigenvalue weighted by molar-refractivity contribution is 6.32. The SMILES string of the molecule is O=[N+]([O-])c1ccc(OC2CNCC2O)cc1Cl. The minimum atomic E-state index is -0.580. The van der Waals surface area contributed by atoms with Crippen LogP contribution in [-0.4, -0.2) is 35.3 Å². The number of nitro benzene ring substituents is 1. The average molecular weight is 259 g/mol. The van der Waals surface area contributed by atoms with E-state index in [2.05, 4.69) is 5.32 Å². The third-order valence-corrected chi connectivity index (χ3v) is 2.83. The van der Waals surface area contributed by atoms with Crippen molar-refractivity contribution in [2.45, 2.75) is 12.2 Å². The standard InChI is InChI=1S/C10H11ClN2O4/c11-7-3-6(1-2-8(7)13(15)16)17-10-5-12-4-9(10)14/h1-3,9-10,12,14H,4-5H2. The van der Waals surface area contributed by atoms with Crippen LogP contribution in [0.3, 0.4) is 0 Å². The summed E-state index contributed by atoms with van der Waals surface area (Å²) >= 11 is 5.75. The first-order chi connectivity index (χ1) is 8.08. The van der Waals surface area contributed by atoms with E-state index in [4.69, 9.17) is 16.3 Å². The summed E-state index contributed by atoms with van der Waals surface area (Å²) in [4.78, 5) is 10.0. The van der Waals surface area contributed by atoms with Gasteiger partial charge in [-0.05, 0) is 6.07 Å². The van der Waals surface area contributed by atoms with E-state index in [9.17, 15) is 15.2 Å². The molecule has 1 aromatic rings. The lowest BCUT2D eigenvalue weighted by molar-refractivity contribution is -0.384. The molecule has 0 aromatic heterocycles. The molecule has 2 atom stereocenters. The molecular weight excluding hydrogens is 248 g/mol. The number of hydrogen-bond donors (Lipinski definition) is 2. The Morgan fingerprint density at radius 1 is 1.53 bits per heavy atom. The fourth-order valence-electron chi connectivity index (χ4n) is 1.64. The second-order valence-corrected chi connectivity index (χ2v) is 4.16. The Balaban J connectivity index is 2.12. The lowest BCUT2D eigenvalue weighted by Gasteiger charge is -2.16. The van der Waals surface area contributed by atoms with E-state index in [1.54, 1.807) is 0 Å². The topological polar surface area (TPSA) is 84.6 Å². The molecule has 6 nitrogen and oxygen atoms in total. The number of ether oxygens (including phenoxy) is 1. The molecule has 2 rings (SSSR count). The largest absolute Gasteiger partial charge is 0.486 e. The molecule has 1 saturated heterocycles. The molecule has 1 heterocycles. The number of rotatable bonds is 3. The Hall–Kier alpha value is -1.37. The van der Waals surface area contributed by atoms with Gasteiger partial charge in [0.05, 0.1) is 4.92 Å². The maximum absolute atomic E-state index is 10.6. The maximum Gasteiger partial charge on any atom is 0.288 e. The summed E-state index contributed by atoms with van der Waals surface area (Å²) < 4.78 is 5.48. The van der Waals surface area contributed by atoms with Crippen LogP contribution in [0.1, 0.15) is 0 Å².